The molecule has 10 rings (SSSR count). The van der Waals surface area contributed by atoms with Crippen LogP contribution in [-0.2, 0) is 0 Å². The van der Waals surface area contributed by atoms with Crippen molar-refractivity contribution in [2.45, 2.75) is 0 Å². The summed E-state index contributed by atoms with van der Waals surface area (Å²) in [5.74, 6) is 0. The van der Waals surface area contributed by atoms with E-state index in [0.29, 0.717) is 0 Å². The van der Waals surface area contributed by atoms with Crippen LogP contribution in [0.25, 0.3) is 99.0 Å². The average molecular weight is 637 g/mol. The smallest absolute Gasteiger partial charge is 0.0978 e. The number of hydrogen-bond donors (Lipinski definition) is 0. The van der Waals surface area contributed by atoms with E-state index in [2.05, 4.69) is 131 Å². The minimum Gasteiger partial charge on any atom is -0.256 e. The zero-order chi connectivity index (χ0) is 33.0. The zero-order valence-corrected chi connectivity index (χ0v) is 27.0. The number of benzene rings is 6. The zero-order valence-electron chi connectivity index (χ0n) is 27.0. The molecule has 0 aliphatic rings. The van der Waals surface area contributed by atoms with E-state index >= 15 is 0 Å². The third-order valence-corrected chi connectivity index (χ3v) is 9.73. The maximum Gasteiger partial charge on any atom is 0.0978 e. The van der Waals surface area contributed by atoms with Gasteiger partial charge in [-0.25, -0.2) is 4.98 Å². The molecule has 4 nitrogen and oxygen atoms in total. The van der Waals surface area contributed by atoms with Gasteiger partial charge in [0.1, 0.15) is 0 Å². The Morgan fingerprint density at radius 1 is 0.320 bits per heavy atom. The highest BCUT2D eigenvalue weighted by Gasteiger charge is 2.15. The fraction of sp³-hybridized carbons (Fsp3) is 0. The number of nitrogens with zero attached hydrogens (tertiary/aromatic N) is 4. The first kappa shape index (κ1) is 28.3. The van der Waals surface area contributed by atoms with Crippen molar-refractivity contribution in [2.24, 2.45) is 0 Å². The molecule has 0 saturated carbocycles. The van der Waals surface area contributed by atoms with Gasteiger partial charge in [-0.2, -0.15) is 0 Å². The molecular formula is C46H28N4. The number of aromatic nitrogens is 4. The lowest BCUT2D eigenvalue weighted by atomic mass is 9.91. The molecule has 4 heteroatoms. The molecule has 4 heterocycles. The average Bonchev–Trinajstić information content (AvgIpc) is 3.20. The predicted octanol–water partition coefficient (Wildman–Crippen LogP) is 11.7. The normalized spacial score (nSPS) is 11.6. The quantitative estimate of drug-likeness (QED) is 0.142. The molecule has 50 heavy (non-hydrogen) atoms. The van der Waals surface area contributed by atoms with Gasteiger partial charge in [0.05, 0.1) is 27.9 Å². The highest BCUT2D eigenvalue weighted by atomic mass is 14.7. The van der Waals surface area contributed by atoms with Crippen molar-refractivity contribution in [3.05, 3.63) is 170 Å². The topological polar surface area (TPSA) is 51.6 Å². The number of para-hydroxylation sites is 1. The summed E-state index contributed by atoms with van der Waals surface area (Å²) in [5.41, 5.74) is 11.5. The van der Waals surface area contributed by atoms with E-state index in [0.717, 1.165) is 66.4 Å². The van der Waals surface area contributed by atoms with E-state index in [1.165, 1.54) is 32.7 Å². The Morgan fingerprint density at radius 3 is 1.64 bits per heavy atom. The van der Waals surface area contributed by atoms with Crippen LogP contribution in [0.4, 0.5) is 0 Å². The van der Waals surface area contributed by atoms with Gasteiger partial charge in [-0.15, -0.1) is 0 Å². The van der Waals surface area contributed by atoms with Crippen molar-refractivity contribution in [2.75, 3.05) is 0 Å². The number of hydrogen-bond acceptors (Lipinski definition) is 4. The third-order valence-electron chi connectivity index (χ3n) is 9.73. The summed E-state index contributed by atoms with van der Waals surface area (Å²) in [6.07, 6.45) is 5.53. The Kier molecular flexibility index (Phi) is 6.46. The minimum atomic E-state index is 0.928. The lowest BCUT2D eigenvalue weighted by Crippen LogP contribution is -1.92. The Balaban J connectivity index is 1.12. The third kappa shape index (κ3) is 4.69. The van der Waals surface area contributed by atoms with Gasteiger partial charge in [-0.3, -0.25) is 15.0 Å². The van der Waals surface area contributed by atoms with Crippen LogP contribution in [0.3, 0.4) is 0 Å². The maximum atomic E-state index is 5.10. The van der Waals surface area contributed by atoms with Gasteiger partial charge in [0.25, 0.3) is 0 Å². The molecule has 0 radical (unpaired) electrons. The van der Waals surface area contributed by atoms with Crippen LogP contribution in [0.1, 0.15) is 0 Å². The van der Waals surface area contributed by atoms with Crippen LogP contribution in [0, 0.1) is 0 Å². The summed E-state index contributed by atoms with van der Waals surface area (Å²) < 4.78 is 0. The van der Waals surface area contributed by atoms with Crippen LogP contribution in [-0.4, -0.2) is 19.9 Å². The first-order valence-corrected chi connectivity index (χ1v) is 16.8. The van der Waals surface area contributed by atoms with E-state index in [1.54, 1.807) is 0 Å². The van der Waals surface area contributed by atoms with Crippen LogP contribution in [0.5, 0.6) is 0 Å². The monoisotopic (exact) mass is 636 g/mol. The number of fused-ring (bicyclic) bond motifs is 7. The molecule has 0 N–H and O–H groups in total. The van der Waals surface area contributed by atoms with Crippen molar-refractivity contribution in [3.63, 3.8) is 0 Å². The maximum absolute atomic E-state index is 5.10. The minimum absolute atomic E-state index is 0.928. The van der Waals surface area contributed by atoms with Gasteiger partial charge in [-0.05, 0) is 105 Å². The Morgan fingerprint density at radius 2 is 0.920 bits per heavy atom. The molecule has 0 atom stereocenters. The van der Waals surface area contributed by atoms with Gasteiger partial charge < -0.3 is 0 Å². The first-order chi connectivity index (χ1) is 24.8. The molecule has 0 unspecified atom stereocenters. The molecule has 0 bridgehead atoms. The van der Waals surface area contributed by atoms with Crippen molar-refractivity contribution >= 4 is 54.3 Å². The van der Waals surface area contributed by atoms with Crippen LogP contribution in [0.15, 0.2) is 170 Å². The molecular weight excluding hydrogens is 609 g/mol. The SMILES string of the molecule is c1ccc(-c2cc(-c3ccc4c(ccc5cc(-c6c7ccccc7nc7c6ccc6cccnc67)ccc54)c3)cc(-c3ccccn3)c2)nc1. The van der Waals surface area contributed by atoms with E-state index in [9.17, 15) is 0 Å². The van der Waals surface area contributed by atoms with Gasteiger partial charge in [0.15, 0.2) is 0 Å². The Labute approximate surface area is 288 Å². The first-order valence-electron chi connectivity index (χ1n) is 16.8. The van der Waals surface area contributed by atoms with E-state index in [-0.39, 0.29) is 0 Å². The van der Waals surface area contributed by atoms with Gasteiger partial charge in [0.2, 0.25) is 0 Å². The highest BCUT2D eigenvalue weighted by molar-refractivity contribution is 6.17. The van der Waals surface area contributed by atoms with Crippen LogP contribution < -0.4 is 0 Å². The van der Waals surface area contributed by atoms with Crippen LogP contribution in [0.2, 0.25) is 0 Å². The summed E-state index contributed by atoms with van der Waals surface area (Å²) in [6, 6.07) is 53.7. The second kappa shape index (κ2) is 11.4. The second-order valence-electron chi connectivity index (χ2n) is 12.7. The molecule has 4 aromatic heterocycles. The fourth-order valence-electron chi connectivity index (χ4n) is 7.37. The summed E-state index contributed by atoms with van der Waals surface area (Å²) in [7, 11) is 0. The molecule has 0 amide bonds. The molecule has 0 spiro atoms. The second-order valence-corrected chi connectivity index (χ2v) is 12.7. The highest BCUT2D eigenvalue weighted by Crippen LogP contribution is 2.40. The largest absolute Gasteiger partial charge is 0.256 e. The Hall–Kier alpha value is -6.78. The number of rotatable bonds is 4. The lowest BCUT2D eigenvalue weighted by molar-refractivity contribution is 1.31. The molecule has 10 aromatic rings. The van der Waals surface area contributed by atoms with Crippen LogP contribution >= 0.6 is 0 Å². The summed E-state index contributed by atoms with van der Waals surface area (Å²) in [4.78, 5) is 19.1. The standard InChI is InChI=1S/C46H28N4/c1-2-12-43-39(9-1)44(40-20-15-29-8-7-23-49-45(29)46(40)50-43)33-17-19-38-32(25-33)14-13-31-24-30(16-18-37(31)38)34-26-35(41-10-3-5-21-47-41)28-36(27-34)42-11-4-6-22-48-42/h1-28H. The van der Waals surface area contributed by atoms with Crippen molar-refractivity contribution in [1.82, 2.24) is 19.9 Å². The Bertz CT molecular complexity index is 2860. The van der Waals surface area contributed by atoms with E-state index < -0.39 is 0 Å². The molecule has 6 aromatic carbocycles. The fourth-order valence-corrected chi connectivity index (χ4v) is 7.37. The van der Waals surface area contributed by atoms with Gasteiger partial charge in [-0.1, -0.05) is 84.9 Å². The summed E-state index contributed by atoms with van der Waals surface area (Å²) >= 11 is 0. The summed E-state index contributed by atoms with van der Waals surface area (Å²) in [5, 5.41) is 8.19. The van der Waals surface area contributed by atoms with Gasteiger partial charge >= 0.3 is 0 Å². The molecule has 0 aliphatic heterocycles. The molecule has 0 aliphatic carbocycles. The lowest BCUT2D eigenvalue weighted by Gasteiger charge is -2.14. The molecule has 0 saturated heterocycles. The van der Waals surface area contributed by atoms with Gasteiger partial charge in [0, 0.05) is 51.4 Å². The van der Waals surface area contributed by atoms with Crippen molar-refractivity contribution in [3.8, 4) is 44.8 Å². The van der Waals surface area contributed by atoms with E-state index in [4.69, 9.17) is 9.97 Å². The number of pyridine rings is 4. The van der Waals surface area contributed by atoms with Crippen molar-refractivity contribution < 1.29 is 0 Å². The predicted molar refractivity (Wildman–Crippen MR) is 207 cm³/mol. The van der Waals surface area contributed by atoms with E-state index in [1.807, 2.05) is 48.9 Å². The summed E-state index contributed by atoms with van der Waals surface area (Å²) in [6.45, 7) is 0. The van der Waals surface area contributed by atoms with Crippen molar-refractivity contribution in [1.29, 1.82) is 0 Å². The molecule has 232 valence electrons. The molecule has 0 fully saturated rings.